The van der Waals surface area contributed by atoms with Crippen LogP contribution in [0.1, 0.15) is 27.8 Å². The minimum atomic E-state index is 0.545. The largest absolute Gasteiger partial charge is 0.398 e. The molecule has 3 heteroatoms. The van der Waals surface area contributed by atoms with E-state index in [0.29, 0.717) is 6.54 Å². The van der Waals surface area contributed by atoms with Gasteiger partial charge in [-0.05, 0) is 48.6 Å². The van der Waals surface area contributed by atoms with Crippen molar-refractivity contribution >= 4 is 18.3 Å². The third-order valence-electron chi connectivity index (χ3n) is 2.98. The van der Waals surface area contributed by atoms with Crippen LogP contribution in [0.5, 0.6) is 0 Å². The van der Waals surface area contributed by atoms with E-state index in [-0.39, 0.29) is 0 Å². The SMILES string of the molecule is Cc1c(N)c(C)c(CS)c(C)c1CN. The van der Waals surface area contributed by atoms with Crippen molar-refractivity contribution in [3.8, 4) is 0 Å². The Hall–Kier alpha value is -0.670. The third kappa shape index (κ3) is 1.62. The molecular weight excluding hydrogens is 192 g/mol. The molecule has 0 bridgehead atoms. The van der Waals surface area contributed by atoms with Crippen LogP contribution in [0.4, 0.5) is 5.69 Å². The summed E-state index contributed by atoms with van der Waals surface area (Å²) in [5, 5.41) is 0. The fourth-order valence-corrected chi connectivity index (χ4v) is 2.37. The lowest BCUT2D eigenvalue weighted by atomic mass is 9.92. The standard InChI is InChI=1S/C11H18N2S/c1-6-9(4-12)7(2)11(13)8(3)10(6)5-14/h14H,4-5,12-13H2,1-3H3. The Bertz CT molecular complexity index is 328. The highest BCUT2D eigenvalue weighted by Crippen LogP contribution is 2.29. The zero-order valence-electron chi connectivity index (χ0n) is 9.02. The van der Waals surface area contributed by atoms with Crippen LogP contribution in [0.2, 0.25) is 0 Å². The predicted octanol–water partition coefficient (Wildman–Crippen LogP) is 2.08. The summed E-state index contributed by atoms with van der Waals surface area (Å²) in [5.74, 6) is 0.717. The fraction of sp³-hybridized carbons (Fsp3) is 0.455. The first kappa shape index (κ1) is 11.4. The van der Waals surface area contributed by atoms with Gasteiger partial charge in [0.2, 0.25) is 0 Å². The van der Waals surface area contributed by atoms with Crippen LogP contribution in [0, 0.1) is 20.8 Å². The molecule has 0 atom stereocenters. The van der Waals surface area contributed by atoms with Crippen molar-refractivity contribution in [3.05, 3.63) is 27.8 Å². The van der Waals surface area contributed by atoms with Crippen LogP contribution in [0.3, 0.4) is 0 Å². The summed E-state index contributed by atoms with van der Waals surface area (Å²) in [7, 11) is 0. The van der Waals surface area contributed by atoms with Crippen molar-refractivity contribution in [3.63, 3.8) is 0 Å². The first-order valence-electron chi connectivity index (χ1n) is 4.72. The summed E-state index contributed by atoms with van der Waals surface area (Å²) in [6.45, 7) is 6.71. The van der Waals surface area contributed by atoms with E-state index < -0.39 is 0 Å². The topological polar surface area (TPSA) is 52.0 Å². The highest BCUT2D eigenvalue weighted by molar-refractivity contribution is 7.79. The predicted molar refractivity (Wildman–Crippen MR) is 65.6 cm³/mol. The number of nitrogens with two attached hydrogens (primary N) is 2. The lowest BCUT2D eigenvalue weighted by Crippen LogP contribution is -2.09. The van der Waals surface area contributed by atoms with Gasteiger partial charge in [0.25, 0.3) is 0 Å². The molecule has 0 aromatic heterocycles. The molecule has 1 rings (SSSR count). The molecule has 78 valence electrons. The summed E-state index contributed by atoms with van der Waals surface area (Å²) in [6, 6.07) is 0. The molecule has 2 nitrogen and oxygen atoms in total. The van der Waals surface area contributed by atoms with Crippen LogP contribution in [0.25, 0.3) is 0 Å². The van der Waals surface area contributed by atoms with Crippen LogP contribution >= 0.6 is 12.6 Å². The summed E-state index contributed by atoms with van der Waals surface area (Å²) < 4.78 is 0. The van der Waals surface area contributed by atoms with Crippen molar-refractivity contribution in [1.29, 1.82) is 0 Å². The van der Waals surface area contributed by atoms with Gasteiger partial charge < -0.3 is 11.5 Å². The van der Waals surface area contributed by atoms with Gasteiger partial charge in [0, 0.05) is 18.0 Å². The number of anilines is 1. The molecule has 4 N–H and O–H groups in total. The molecule has 0 saturated carbocycles. The molecule has 0 saturated heterocycles. The third-order valence-corrected chi connectivity index (χ3v) is 3.30. The lowest BCUT2D eigenvalue weighted by Gasteiger charge is -2.18. The average molecular weight is 210 g/mol. The number of hydrogen-bond acceptors (Lipinski definition) is 3. The Morgan fingerprint density at radius 3 is 1.93 bits per heavy atom. The van der Waals surface area contributed by atoms with Gasteiger partial charge in [-0.2, -0.15) is 12.6 Å². The molecule has 0 fully saturated rings. The van der Waals surface area contributed by atoms with Gasteiger partial charge >= 0.3 is 0 Å². The highest BCUT2D eigenvalue weighted by atomic mass is 32.1. The average Bonchev–Trinajstić information content (AvgIpc) is 2.16. The highest BCUT2D eigenvalue weighted by Gasteiger charge is 2.12. The maximum absolute atomic E-state index is 6.01. The summed E-state index contributed by atoms with van der Waals surface area (Å²) in [4.78, 5) is 0. The van der Waals surface area contributed by atoms with E-state index in [1.807, 2.05) is 13.8 Å². The Balaban J connectivity index is 3.56. The summed E-state index contributed by atoms with van der Waals surface area (Å²) in [5.41, 5.74) is 18.5. The van der Waals surface area contributed by atoms with E-state index in [2.05, 4.69) is 19.6 Å². The van der Waals surface area contributed by atoms with E-state index in [1.165, 1.54) is 11.1 Å². The Morgan fingerprint density at radius 2 is 1.50 bits per heavy atom. The van der Waals surface area contributed by atoms with Gasteiger partial charge in [0.15, 0.2) is 0 Å². The van der Waals surface area contributed by atoms with Crippen LogP contribution in [0.15, 0.2) is 0 Å². The Morgan fingerprint density at radius 1 is 1.00 bits per heavy atom. The van der Waals surface area contributed by atoms with E-state index in [0.717, 1.165) is 28.1 Å². The molecule has 1 aromatic rings. The van der Waals surface area contributed by atoms with Gasteiger partial charge in [0.05, 0.1) is 0 Å². The maximum Gasteiger partial charge on any atom is 0.0379 e. The number of hydrogen-bond donors (Lipinski definition) is 3. The molecule has 0 heterocycles. The molecular formula is C11H18N2S. The molecule has 0 aliphatic carbocycles. The van der Waals surface area contributed by atoms with Gasteiger partial charge in [-0.25, -0.2) is 0 Å². The fourth-order valence-electron chi connectivity index (χ4n) is 1.89. The monoisotopic (exact) mass is 210 g/mol. The van der Waals surface area contributed by atoms with E-state index in [4.69, 9.17) is 11.5 Å². The molecule has 14 heavy (non-hydrogen) atoms. The quantitative estimate of drug-likeness (QED) is 0.517. The van der Waals surface area contributed by atoms with Crippen molar-refractivity contribution in [2.24, 2.45) is 5.73 Å². The van der Waals surface area contributed by atoms with Gasteiger partial charge in [-0.1, -0.05) is 0 Å². The van der Waals surface area contributed by atoms with Gasteiger partial charge in [-0.3, -0.25) is 0 Å². The molecule has 0 radical (unpaired) electrons. The van der Waals surface area contributed by atoms with E-state index in [1.54, 1.807) is 0 Å². The first-order chi connectivity index (χ1) is 6.54. The molecule has 0 spiro atoms. The second-order valence-corrected chi connectivity index (χ2v) is 3.92. The molecule has 0 amide bonds. The van der Waals surface area contributed by atoms with E-state index in [9.17, 15) is 0 Å². The van der Waals surface area contributed by atoms with Crippen molar-refractivity contribution in [2.75, 3.05) is 5.73 Å². The van der Waals surface area contributed by atoms with Crippen LogP contribution < -0.4 is 11.5 Å². The van der Waals surface area contributed by atoms with Gasteiger partial charge in [-0.15, -0.1) is 0 Å². The minimum absolute atomic E-state index is 0.545. The second kappa shape index (κ2) is 4.24. The second-order valence-electron chi connectivity index (χ2n) is 3.61. The summed E-state index contributed by atoms with van der Waals surface area (Å²) >= 11 is 4.32. The van der Waals surface area contributed by atoms with Crippen molar-refractivity contribution < 1.29 is 0 Å². The Kier molecular flexibility index (Phi) is 3.45. The smallest absolute Gasteiger partial charge is 0.0379 e. The first-order valence-corrected chi connectivity index (χ1v) is 5.35. The zero-order chi connectivity index (χ0) is 10.9. The molecule has 0 aliphatic heterocycles. The van der Waals surface area contributed by atoms with E-state index >= 15 is 0 Å². The number of benzene rings is 1. The Labute approximate surface area is 91.1 Å². The van der Waals surface area contributed by atoms with Gasteiger partial charge in [0.1, 0.15) is 0 Å². The number of rotatable bonds is 2. The zero-order valence-corrected chi connectivity index (χ0v) is 9.91. The van der Waals surface area contributed by atoms with Crippen LogP contribution in [-0.4, -0.2) is 0 Å². The molecule has 0 aliphatic rings. The lowest BCUT2D eigenvalue weighted by molar-refractivity contribution is 1.01. The van der Waals surface area contributed by atoms with Crippen molar-refractivity contribution in [1.82, 2.24) is 0 Å². The normalized spacial score (nSPS) is 10.6. The number of nitrogen functional groups attached to an aromatic ring is 1. The minimum Gasteiger partial charge on any atom is -0.398 e. The maximum atomic E-state index is 6.01. The summed E-state index contributed by atoms with van der Waals surface area (Å²) in [6.07, 6.45) is 0. The molecule has 1 aromatic carbocycles. The number of thiol groups is 1. The molecule has 0 unspecified atom stereocenters. The van der Waals surface area contributed by atoms with Crippen molar-refractivity contribution in [2.45, 2.75) is 33.1 Å². The van der Waals surface area contributed by atoms with Crippen LogP contribution in [-0.2, 0) is 12.3 Å².